The van der Waals surface area contributed by atoms with Crippen molar-refractivity contribution in [3.8, 4) is 0 Å². The van der Waals surface area contributed by atoms with Crippen molar-refractivity contribution in [3.05, 3.63) is 0 Å². The Hall–Kier alpha value is -0.120. The van der Waals surface area contributed by atoms with Crippen molar-refractivity contribution in [2.24, 2.45) is 0 Å². The monoisotopic (exact) mass is 253 g/mol. The van der Waals surface area contributed by atoms with Crippen LogP contribution in [0.3, 0.4) is 0 Å². The van der Waals surface area contributed by atoms with Crippen LogP contribution in [-0.4, -0.2) is 72.6 Å². The molecule has 3 nitrogen and oxygen atoms in total. The second-order valence-corrected chi connectivity index (χ2v) is 7.24. The van der Waals surface area contributed by atoms with Gasteiger partial charge in [0.15, 0.2) is 0 Å². The van der Waals surface area contributed by atoms with E-state index >= 15 is 0 Å². The Morgan fingerprint density at radius 3 is 2.17 bits per heavy atom. The van der Waals surface area contributed by atoms with Crippen LogP contribution in [0.5, 0.6) is 0 Å². The first-order valence-corrected chi connectivity index (χ1v) is 7.53. The van der Waals surface area contributed by atoms with Crippen molar-refractivity contribution in [1.29, 1.82) is 0 Å². The summed E-state index contributed by atoms with van der Waals surface area (Å²) in [4.78, 5) is 7.77. The van der Waals surface area contributed by atoms with Crippen molar-refractivity contribution in [2.45, 2.75) is 57.7 Å². The zero-order valence-electron chi connectivity index (χ0n) is 12.9. The third-order valence-electron chi connectivity index (χ3n) is 5.04. The smallest absolute Gasteiger partial charge is 0.0124 e. The van der Waals surface area contributed by atoms with Gasteiger partial charge in [0.25, 0.3) is 0 Å². The average molecular weight is 253 g/mol. The Bertz CT molecular complexity index is 263. The van der Waals surface area contributed by atoms with Gasteiger partial charge in [0.1, 0.15) is 0 Å². The minimum Gasteiger partial charge on any atom is -0.304 e. The van der Waals surface area contributed by atoms with Crippen molar-refractivity contribution in [1.82, 2.24) is 14.7 Å². The standard InChI is InChI=1S/C15H31N3/c1-15(2,3)17(5)13-6-7-14(12-13)18-10-8-16(4)9-11-18/h13-14H,6-12H2,1-5H3/t13-,14+/m0/s1. The van der Waals surface area contributed by atoms with Crippen molar-refractivity contribution in [3.63, 3.8) is 0 Å². The van der Waals surface area contributed by atoms with Crippen LogP contribution in [0.25, 0.3) is 0 Å². The summed E-state index contributed by atoms with van der Waals surface area (Å²) in [7, 11) is 4.54. The largest absolute Gasteiger partial charge is 0.304 e. The fourth-order valence-corrected chi connectivity index (χ4v) is 3.35. The summed E-state index contributed by atoms with van der Waals surface area (Å²) in [5.41, 5.74) is 0.307. The van der Waals surface area contributed by atoms with E-state index in [1.165, 1.54) is 45.4 Å². The van der Waals surface area contributed by atoms with Crippen LogP contribution in [-0.2, 0) is 0 Å². The number of hydrogen-bond donors (Lipinski definition) is 0. The minimum atomic E-state index is 0.307. The molecule has 106 valence electrons. The summed E-state index contributed by atoms with van der Waals surface area (Å²) in [6, 6.07) is 1.63. The Morgan fingerprint density at radius 2 is 1.61 bits per heavy atom. The molecule has 0 aromatic heterocycles. The quantitative estimate of drug-likeness (QED) is 0.744. The normalized spacial score (nSPS) is 32.3. The van der Waals surface area contributed by atoms with Crippen molar-refractivity contribution in [2.75, 3.05) is 40.3 Å². The van der Waals surface area contributed by atoms with Gasteiger partial charge in [0.2, 0.25) is 0 Å². The Labute approximate surface area is 113 Å². The molecule has 2 atom stereocenters. The highest BCUT2D eigenvalue weighted by atomic mass is 15.3. The third kappa shape index (κ3) is 3.25. The molecule has 0 N–H and O–H groups in total. The molecule has 0 aromatic carbocycles. The fraction of sp³-hybridized carbons (Fsp3) is 1.00. The number of likely N-dealkylation sites (N-methyl/N-ethyl adjacent to an activating group) is 1. The predicted molar refractivity (Wildman–Crippen MR) is 78.0 cm³/mol. The van der Waals surface area contributed by atoms with Crippen molar-refractivity contribution < 1.29 is 0 Å². The number of piperazine rings is 1. The minimum absolute atomic E-state index is 0.307. The van der Waals surface area contributed by atoms with E-state index < -0.39 is 0 Å². The molecule has 2 rings (SSSR count). The molecule has 3 heteroatoms. The molecule has 0 aromatic rings. The lowest BCUT2D eigenvalue weighted by atomic mass is 10.0. The van der Waals surface area contributed by atoms with E-state index in [1.807, 2.05) is 0 Å². The van der Waals surface area contributed by atoms with E-state index in [-0.39, 0.29) is 0 Å². The van der Waals surface area contributed by atoms with E-state index in [1.54, 1.807) is 0 Å². The SMILES string of the molecule is CN1CCN([C@@H]2CC[C@H](N(C)C(C)(C)C)C2)CC1. The van der Waals surface area contributed by atoms with Crippen LogP contribution in [0.4, 0.5) is 0 Å². The van der Waals surface area contributed by atoms with Gasteiger partial charge in [0, 0.05) is 43.8 Å². The molecule has 1 aliphatic heterocycles. The van der Waals surface area contributed by atoms with E-state index in [9.17, 15) is 0 Å². The lowest BCUT2D eigenvalue weighted by Gasteiger charge is -2.39. The van der Waals surface area contributed by atoms with Gasteiger partial charge in [-0.1, -0.05) is 0 Å². The molecule has 0 bridgehead atoms. The second kappa shape index (κ2) is 5.48. The molecule has 1 aliphatic carbocycles. The number of hydrogen-bond acceptors (Lipinski definition) is 3. The Kier molecular flexibility index (Phi) is 4.35. The molecular weight excluding hydrogens is 222 g/mol. The highest BCUT2D eigenvalue weighted by molar-refractivity contribution is 4.92. The van der Waals surface area contributed by atoms with Crippen molar-refractivity contribution >= 4 is 0 Å². The summed E-state index contributed by atoms with van der Waals surface area (Å²) in [6.07, 6.45) is 4.15. The topological polar surface area (TPSA) is 9.72 Å². The van der Waals surface area contributed by atoms with Gasteiger partial charge in [-0.2, -0.15) is 0 Å². The summed E-state index contributed by atoms with van der Waals surface area (Å²) in [6.45, 7) is 12.0. The van der Waals surface area contributed by atoms with Gasteiger partial charge >= 0.3 is 0 Å². The second-order valence-electron chi connectivity index (χ2n) is 7.24. The Morgan fingerprint density at radius 1 is 1.00 bits per heavy atom. The molecule has 0 amide bonds. The van der Waals surface area contributed by atoms with E-state index in [0.29, 0.717) is 5.54 Å². The van der Waals surface area contributed by atoms with E-state index in [0.717, 1.165) is 12.1 Å². The zero-order chi connectivity index (χ0) is 13.3. The van der Waals surface area contributed by atoms with Gasteiger partial charge < -0.3 is 4.90 Å². The molecule has 1 heterocycles. The summed E-state index contributed by atoms with van der Waals surface area (Å²) in [5, 5.41) is 0. The molecule has 1 saturated heterocycles. The van der Waals surface area contributed by atoms with E-state index in [2.05, 4.69) is 49.6 Å². The predicted octanol–water partition coefficient (Wildman–Crippen LogP) is 1.89. The molecule has 0 radical (unpaired) electrons. The highest BCUT2D eigenvalue weighted by Gasteiger charge is 2.35. The van der Waals surface area contributed by atoms with Gasteiger partial charge in [-0.3, -0.25) is 9.80 Å². The summed E-state index contributed by atoms with van der Waals surface area (Å²) >= 11 is 0. The zero-order valence-corrected chi connectivity index (χ0v) is 12.9. The molecule has 0 spiro atoms. The van der Waals surface area contributed by atoms with Gasteiger partial charge in [-0.05, 0) is 54.1 Å². The van der Waals surface area contributed by atoms with Crippen LogP contribution in [0, 0.1) is 0 Å². The van der Waals surface area contributed by atoms with Gasteiger partial charge in [0.05, 0.1) is 0 Å². The maximum absolute atomic E-state index is 2.73. The Balaban J connectivity index is 1.85. The molecule has 18 heavy (non-hydrogen) atoms. The highest BCUT2D eigenvalue weighted by Crippen LogP contribution is 2.31. The maximum atomic E-state index is 2.73. The summed E-state index contributed by atoms with van der Waals surface area (Å²) < 4.78 is 0. The lowest BCUT2D eigenvalue weighted by molar-refractivity contribution is 0.0914. The lowest BCUT2D eigenvalue weighted by Crippen LogP contribution is -2.49. The molecule has 2 aliphatic rings. The number of nitrogens with zero attached hydrogens (tertiary/aromatic N) is 3. The van der Waals surface area contributed by atoms with Crippen LogP contribution in [0.1, 0.15) is 40.0 Å². The first-order chi connectivity index (χ1) is 8.38. The third-order valence-corrected chi connectivity index (χ3v) is 5.04. The maximum Gasteiger partial charge on any atom is 0.0124 e. The number of rotatable bonds is 2. The molecule has 0 unspecified atom stereocenters. The first-order valence-electron chi connectivity index (χ1n) is 7.53. The van der Waals surface area contributed by atoms with Crippen LogP contribution in [0.2, 0.25) is 0 Å². The average Bonchev–Trinajstić information content (AvgIpc) is 2.77. The molecular formula is C15H31N3. The van der Waals surface area contributed by atoms with Gasteiger partial charge in [-0.15, -0.1) is 0 Å². The summed E-state index contributed by atoms with van der Waals surface area (Å²) in [5.74, 6) is 0. The van der Waals surface area contributed by atoms with Crippen LogP contribution < -0.4 is 0 Å². The fourth-order valence-electron chi connectivity index (χ4n) is 3.35. The van der Waals surface area contributed by atoms with Gasteiger partial charge in [-0.25, -0.2) is 0 Å². The first kappa shape index (κ1) is 14.3. The van der Waals surface area contributed by atoms with E-state index in [4.69, 9.17) is 0 Å². The molecule has 1 saturated carbocycles. The van der Waals surface area contributed by atoms with Crippen LogP contribution >= 0.6 is 0 Å². The van der Waals surface area contributed by atoms with Crippen LogP contribution in [0.15, 0.2) is 0 Å². The molecule has 2 fully saturated rings.